The Labute approximate surface area is 346 Å². The first-order valence-corrected chi connectivity index (χ1v) is 22.3. The molecular weight excluding hydrogens is 719 g/mol. The van der Waals surface area contributed by atoms with Crippen LogP contribution in [0, 0.1) is 0 Å². The number of carbonyl (C=O) groups is 1. The number of aliphatic hydroxyl groups excluding tert-OH is 5. The maximum atomic E-state index is 12.9. The third kappa shape index (κ3) is 28.4. The first-order valence-electron chi connectivity index (χ1n) is 22.3. The van der Waals surface area contributed by atoms with E-state index in [1.165, 1.54) is 51.4 Å². The van der Waals surface area contributed by atoms with Crippen LogP contribution in [0.5, 0.6) is 0 Å². The van der Waals surface area contributed by atoms with Gasteiger partial charge in [-0.25, -0.2) is 0 Å². The van der Waals surface area contributed by atoms with Crippen molar-refractivity contribution in [2.24, 2.45) is 0 Å². The topological polar surface area (TPSA) is 149 Å². The highest BCUT2D eigenvalue weighted by atomic mass is 16.7. The third-order valence-corrected chi connectivity index (χ3v) is 9.93. The molecule has 1 heterocycles. The van der Waals surface area contributed by atoms with Gasteiger partial charge in [-0.05, 0) is 70.6 Å². The molecule has 9 nitrogen and oxygen atoms in total. The maximum absolute atomic E-state index is 12.9. The van der Waals surface area contributed by atoms with Crippen molar-refractivity contribution in [3.05, 3.63) is 85.1 Å². The van der Waals surface area contributed by atoms with Crippen molar-refractivity contribution in [3.63, 3.8) is 0 Å². The van der Waals surface area contributed by atoms with E-state index in [0.29, 0.717) is 6.42 Å². The molecule has 1 fully saturated rings. The molecule has 7 atom stereocenters. The Morgan fingerprint density at radius 2 is 1.11 bits per heavy atom. The monoisotopic (exact) mass is 800 g/mol. The summed E-state index contributed by atoms with van der Waals surface area (Å²) in [6.45, 7) is 3.50. The largest absolute Gasteiger partial charge is 0.394 e. The van der Waals surface area contributed by atoms with Crippen LogP contribution < -0.4 is 5.32 Å². The lowest BCUT2D eigenvalue weighted by molar-refractivity contribution is -0.302. The van der Waals surface area contributed by atoms with E-state index < -0.39 is 49.5 Å². The molecule has 7 unspecified atom stereocenters. The average Bonchev–Trinajstić information content (AvgIpc) is 3.21. The summed E-state index contributed by atoms with van der Waals surface area (Å²) in [5.41, 5.74) is 0. The van der Waals surface area contributed by atoms with Crippen molar-refractivity contribution in [3.8, 4) is 0 Å². The lowest BCUT2D eigenvalue weighted by atomic mass is 9.99. The number of hydrogen-bond acceptors (Lipinski definition) is 8. The zero-order valence-electron chi connectivity index (χ0n) is 35.6. The van der Waals surface area contributed by atoms with E-state index in [0.717, 1.165) is 83.5 Å². The van der Waals surface area contributed by atoms with E-state index in [1.807, 2.05) is 6.08 Å². The number of carbonyl (C=O) groups excluding carboxylic acids is 1. The van der Waals surface area contributed by atoms with Gasteiger partial charge in [0.1, 0.15) is 24.4 Å². The lowest BCUT2D eigenvalue weighted by Gasteiger charge is -2.40. The fourth-order valence-electron chi connectivity index (χ4n) is 6.38. The van der Waals surface area contributed by atoms with E-state index >= 15 is 0 Å². The van der Waals surface area contributed by atoms with E-state index in [2.05, 4.69) is 92.1 Å². The normalized spacial score (nSPS) is 21.8. The summed E-state index contributed by atoms with van der Waals surface area (Å²) >= 11 is 0. The Kier molecular flexibility index (Phi) is 34.6. The molecule has 57 heavy (non-hydrogen) atoms. The van der Waals surface area contributed by atoms with Gasteiger partial charge in [-0.2, -0.15) is 0 Å². The van der Waals surface area contributed by atoms with Crippen LogP contribution >= 0.6 is 0 Å². The molecule has 1 amide bonds. The van der Waals surface area contributed by atoms with Crippen molar-refractivity contribution >= 4 is 5.91 Å². The average molecular weight is 800 g/mol. The number of amides is 1. The first-order chi connectivity index (χ1) is 27.8. The molecule has 0 aromatic heterocycles. The molecule has 1 saturated heterocycles. The zero-order chi connectivity index (χ0) is 41.6. The van der Waals surface area contributed by atoms with Crippen molar-refractivity contribution in [1.82, 2.24) is 5.32 Å². The van der Waals surface area contributed by atoms with Crippen LogP contribution in [0.15, 0.2) is 85.1 Å². The molecule has 0 aliphatic carbocycles. The van der Waals surface area contributed by atoms with Gasteiger partial charge in [0.25, 0.3) is 0 Å². The number of rotatable bonds is 35. The minimum Gasteiger partial charge on any atom is -0.394 e. The molecule has 1 aliphatic rings. The van der Waals surface area contributed by atoms with Crippen molar-refractivity contribution in [1.29, 1.82) is 0 Å². The molecule has 0 saturated carbocycles. The Morgan fingerprint density at radius 3 is 1.67 bits per heavy atom. The van der Waals surface area contributed by atoms with Gasteiger partial charge in [-0.1, -0.05) is 163 Å². The SMILES string of the molecule is CC/C=C\C/C=C\C/C=C\C/C=C\C/C=C\CCCCCCCCCCCCCC(=O)NC(COC1OC(CO)C(O)C(O)C1O)C(O)/C=C/CC/C=C/CCC. The van der Waals surface area contributed by atoms with Crippen LogP contribution in [-0.4, -0.2) is 87.5 Å². The Bertz CT molecular complexity index is 1160. The maximum Gasteiger partial charge on any atom is 0.220 e. The molecule has 6 N–H and O–H groups in total. The molecule has 9 heteroatoms. The third-order valence-electron chi connectivity index (χ3n) is 9.93. The molecule has 1 rings (SSSR count). The molecule has 326 valence electrons. The second-order valence-corrected chi connectivity index (χ2v) is 15.1. The van der Waals surface area contributed by atoms with E-state index in [9.17, 15) is 30.3 Å². The molecule has 0 aromatic rings. The number of nitrogens with one attached hydrogen (secondary N) is 1. The minimum absolute atomic E-state index is 0.200. The quantitative estimate of drug-likeness (QED) is 0.0275. The highest BCUT2D eigenvalue weighted by Gasteiger charge is 2.44. The molecular formula is C48H81NO8. The predicted octanol–water partition coefficient (Wildman–Crippen LogP) is 9.16. The second kappa shape index (κ2) is 37.6. The van der Waals surface area contributed by atoms with Gasteiger partial charge in [0, 0.05) is 6.42 Å². The summed E-state index contributed by atoms with van der Waals surface area (Å²) in [7, 11) is 0. The molecule has 0 spiro atoms. The molecule has 0 aromatic carbocycles. The van der Waals surface area contributed by atoms with Crippen molar-refractivity contribution in [2.45, 2.75) is 198 Å². The summed E-state index contributed by atoms with van der Waals surface area (Å²) in [6.07, 6.45) is 45.2. The predicted molar refractivity (Wildman–Crippen MR) is 235 cm³/mol. The van der Waals surface area contributed by atoms with Crippen molar-refractivity contribution in [2.75, 3.05) is 13.2 Å². The summed E-state index contributed by atoms with van der Waals surface area (Å²) in [5.74, 6) is -0.200. The van der Waals surface area contributed by atoms with Gasteiger partial charge in [-0.3, -0.25) is 4.79 Å². The van der Waals surface area contributed by atoms with Crippen LogP contribution in [0.4, 0.5) is 0 Å². The standard InChI is InChI=1S/C48H81NO8/c1-3-5-7-9-11-12-13-14-15-16-17-18-19-20-21-22-23-24-25-26-27-28-29-30-32-34-36-38-44(52)49-41(42(51)37-35-33-31-10-8-6-4-2)40-56-48-47(55)46(54)45(53)43(39-50)57-48/h5,7-8,10-12,14-15,17-18,20-21,35,37,41-43,45-48,50-51,53-55H,3-4,6,9,13,16,19,22-34,36,38-40H2,1-2H3,(H,49,52)/b7-5-,10-8+,12-11-,15-14-,18-17-,21-20-,37-35+. The molecule has 0 bridgehead atoms. The number of ether oxygens (including phenoxy) is 2. The van der Waals surface area contributed by atoms with Gasteiger partial charge in [0.05, 0.1) is 25.4 Å². The number of unbranched alkanes of at least 4 members (excludes halogenated alkanes) is 13. The van der Waals surface area contributed by atoms with E-state index in [1.54, 1.807) is 6.08 Å². The van der Waals surface area contributed by atoms with Gasteiger partial charge < -0.3 is 40.3 Å². The fraction of sp³-hybridized carbons (Fsp3) is 0.688. The Morgan fingerprint density at radius 1 is 0.614 bits per heavy atom. The van der Waals surface area contributed by atoms with Crippen molar-refractivity contribution < 1.29 is 39.8 Å². The summed E-state index contributed by atoms with van der Waals surface area (Å²) in [4.78, 5) is 12.9. The Hall–Kier alpha value is -2.63. The first kappa shape index (κ1) is 52.4. The van der Waals surface area contributed by atoms with Gasteiger partial charge in [0.2, 0.25) is 5.91 Å². The van der Waals surface area contributed by atoms with Gasteiger partial charge >= 0.3 is 0 Å². The highest BCUT2D eigenvalue weighted by Crippen LogP contribution is 2.22. The Balaban J connectivity index is 2.20. The van der Waals surface area contributed by atoms with Crippen LogP contribution in [0.25, 0.3) is 0 Å². The molecule has 0 radical (unpaired) electrons. The van der Waals surface area contributed by atoms with Crippen LogP contribution in [0.3, 0.4) is 0 Å². The summed E-state index contributed by atoms with van der Waals surface area (Å²) < 4.78 is 11.1. The second-order valence-electron chi connectivity index (χ2n) is 15.1. The number of aliphatic hydroxyl groups is 5. The van der Waals surface area contributed by atoms with Gasteiger partial charge in [-0.15, -0.1) is 0 Å². The number of allylic oxidation sites excluding steroid dienone is 13. The molecule has 1 aliphatic heterocycles. The summed E-state index contributed by atoms with van der Waals surface area (Å²) in [5, 5.41) is 53.8. The van der Waals surface area contributed by atoms with Crippen LogP contribution in [0.1, 0.15) is 155 Å². The smallest absolute Gasteiger partial charge is 0.220 e. The fourth-order valence-corrected chi connectivity index (χ4v) is 6.38. The van der Waals surface area contributed by atoms with Crippen LogP contribution in [0.2, 0.25) is 0 Å². The van der Waals surface area contributed by atoms with Crippen LogP contribution in [-0.2, 0) is 14.3 Å². The number of hydrogen-bond donors (Lipinski definition) is 6. The highest BCUT2D eigenvalue weighted by molar-refractivity contribution is 5.76. The van der Waals surface area contributed by atoms with E-state index in [-0.39, 0.29) is 12.5 Å². The van der Waals surface area contributed by atoms with E-state index in [4.69, 9.17) is 9.47 Å². The summed E-state index contributed by atoms with van der Waals surface area (Å²) in [6, 6.07) is -0.824. The zero-order valence-corrected chi connectivity index (χ0v) is 35.6. The minimum atomic E-state index is -1.57. The lowest BCUT2D eigenvalue weighted by Crippen LogP contribution is -2.60. The van der Waals surface area contributed by atoms with Gasteiger partial charge in [0.15, 0.2) is 6.29 Å².